The van der Waals surface area contributed by atoms with E-state index in [2.05, 4.69) is 5.43 Å². The van der Waals surface area contributed by atoms with Crippen molar-refractivity contribution in [1.82, 2.24) is 0 Å². The molecule has 0 aromatic heterocycles. The molecule has 0 unspecified atom stereocenters. The molecule has 0 spiro atoms. The number of rotatable bonds is 2. The van der Waals surface area contributed by atoms with Crippen molar-refractivity contribution in [3.05, 3.63) is 23.8 Å². The molecule has 4 nitrogen and oxygen atoms in total. The minimum atomic E-state index is 0. The van der Waals surface area contributed by atoms with Crippen LogP contribution in [0.1, 0.15) is 5.56 Å². The van der Waals surface area contributed by atoms with Crippen molar-refractivity contribution >= 4 is 18.1 Å². The molecule has 0 heterocycles. The van der Waals surface area contributed by atoms with Gasteiger partial charge in [-0.25, -0.2) is 0 Å². The number of halogens is 1. The Labute approximate surface area is 82.7 Å². The van der Waals surface area contributed by atoms with Crippen LogP contribution in [0, 0.1) is 11.3 Å². The first-order chi connectivity index (χ1) is 5.83. The van der Waals surface area contributed by atoms with E-state index in [4.69, 9.17) is 15.8 Å². The quantitative estimate of drug-likeness (QED) is 0.556. The van der Waals surface area contributed by atoms with Crippen molar-refractivity contribution in [1.29, 1.82) is 5.26 Å². The van der Waals surface area contributed by atoms with Crippen molar-refractivity contribution in [2.75, 3.05) is 12.5 Å². The Morgan fingerprint density at radius 1 is 1.54 bits per heavy atom. The highest BCUT2D eigenvalue weighted by atomic mass is 35.5. The third-order valence-electron chi connectivity index (χ3n) is 1.51. The first-order valence-corrected chi connectivity index (χ1v) is 3.37. The van der Waals surface area contributed by atoms with Gasteiger partial charge in [-0.1, -0.05) is 6.07 Å². The monoisotopic (exact) mass is 199 g/mol. The molecule has 0 aliphatic rings. The summed E-state index contributed by atoms with van der Waals surface area (Å²) in [6.45, 7) is 0. The number of nitrogens with two attached hydrogens (primary N) is 1. The van der Waals surface area contributed by atoms with E-state index < -0.39 is 0 Å². The maximum atomic E-state index is 8.74. The van der Waals surface area contributed by atoms with E-state index in [9.17, 15) is 0 Å². The maximum absolute atomic E-state index is 8.74. The number of hydrazine groups is 1. The van der Waals surface area contributed by atoms with Crippen molar-refractivity contribution in [3.8, 4) is 11.8 Å². The van der Waals surface area contributed by atoms with Crippen molar-refractivity contribution < 1.29 is 4.74 Å². The number of ether oxygens (including phenoxy) is 1. The van der Waals surface area contributed by atoms with Crippen LogP contribution in [0.15, 0.2) is 18.2 Å². The van der Waals surface area contributed by atoms with E-state index in [-0.39, 0.29) is 12.4 Å². The van der Waals surface area contributed by atoms with Gasteiger partial charge in [0.1, 0.15) is 17.4 Å². The molecule has 3 N–H and O–H groups in total. The lowest BCUT2D eigenvalue weighted by Crippen LogP contribution is -2.08. The summed E-state index contributed by atoms with van der Waals surface area (Å²) in [6.07, 6.45) is 0. The van der Waals surface area contributed by atoms with Crippen molar-refractivity contribution in [3.63, 3.8) is 0 Å². The molecule has 0 saturated heterocycles. The van der Waals surface area contributed by atoms with E-state index in [1.807, 2.05) is 6.07 Å². The zero-order chi connectivity index (χ0) is 8.97. The molecule has 0 atom stereocenters. The molecular formula is C8H10ClN3O. The van der Waals surface area contributed by atoms with Gasteiger partial charge in [0.05, 0.1) is 12.8 Å². The van der Waals surface area contributed by atoms with Crippen molar-refractivity contribution in [2.45, 2.75) is 0 Å². The predicted molar refractivity (Wildman–Crippen MR) is 52.8 cm³/mol. The van der Waals surface area contributed by atoms with E-state index >= 15 is 0 Å². The minimum Gasteiger partial charge on any atom is -0.495 e. The zero-order valence-corrected chi connectivity index (χ0v) is 7.89. The Bertz CT molecular complexity index is 299. The highest BCUT2D eigenvalue weighted by Gasteiger charge is 2.05. The fourth-order valence-corrected chi connectivity index (χ4v) is 0.937. The highest BCUT2D eigenvalue weighted by Crippen LogP contribution is 2.23. The van der Waals surface area contributed by atoms with E-state index in [1.54, 1.807) is 18.2 Å². The molecule has 13 heavy (non-hydrogen) atoms. The van der Waals surface area contributed by atoms with Crippen LogP contribution in [0.5, 0.6) is 5.75 Å². The van der Waals surface area contributed by atoms with Crippen LogP contribution in [0.4, 0.5) is 5.69 Å². The van der Waals surface area contributed by atoms with Crippen LogP contribution in [-0.4, -0.2) is 7.11 Å². The summed E-state index contributed by atoms with van der Waals surface area (Å²) >= 11 is 0. The Kier molecular flexibility index (Phi) is 4.67. The molecule has 0 saturated carbocycles. The molecule has 0 fully saturated rings. The second kappa shape index (κ2) is 5.25. The molecule has 1 rings (SSSR count). The Hall–Kier alpha value is -1.44. The fourth-order valence-electron chi connectivity index (χ4n) is 0.937. The summed E-state index contributed by atoms with van der Waals surface area (Å²) in [4.78, 5) is 0. The summed E-state index contributed by atoms with van der Waals surface area (Å²) in [6, 6.07) is 7.17. The number of nitrogen functional groups attached to an aromatic ring is 1. The first-order valence-electron chi connectivity index (χ1n) is 3.37. The Balaban J connectivity index is 0.00000144. The Morgan fingerprint density at radius 3 is 2.69 bits per heavy atom. The molecule has 70 valence electrons. The van der Waals surface area contributed by atoms with Gasteiger partial charge in [-0.15, -0.1) is 12.4 Å². The second-order valence-electron chi connectivity index (χ2n) is 2.14. The highest BCUT2D eigenvalue weighted by molar-refractivity contribution is 5.85. The molecule has 1 aromatic carbocycles. The SMILES string of the molecule is COc1cccc(NN)c1C#N.Cl. The van der Waals surface area contributed by atoms with Gasteiger partial charge in [0.2, 0.25) is 0 Å². The third kappa shape index (κ3) is 2.25. The molecular weight excluding hydrogens is 190 g/mol. The summed E-state index contributed by atoms with van der Waals surface area (Å²) < 4.78 is 4.96. The van der Waals surface area contributed by atoms with Gasteiger partial charge >= 0.3 is 0 Å². The smallest absolute Gasteiger partial charge is 0.138 e. The van der Waals surface area contributed by atoms with Crippen molar-refractivity contribution in [2.24, 2.45) is 5.84 Å². The Morgan fingerprint density at radius 2 is 2.23 bits per heavy atom. The average Bonchev–Trinajstić information content (AvgIpc) is 2.16. The summed E-state index contributed by atoms with van der Waals surface area (Å²) in [7, 11) is 1.51. The number of methoxy groups -OCH3 is 1. The molecule has 0 bridgehead atoms. The van der Waals surface area contributed by atoms with Gasteiger partial charge in [-0.05, 0) is 12.1 Å². The number of hydrogen-bond acceptors (Lipinski definition) is 4. The van der Waals surface area contributed by atoms with E-state index in [1.165, 1.54) is 7.11 Å². The van der Waals surface area contributed by atoms with Crippen LogP contribution in [-0.2, 0) is 0 Å². The number of benzene rings is 1. The minimum absolute atomic E-state index is 0. The lowest BCUT2D eigenvalue weighted by atomic mass is 10.2. The van der Waals surface area contributed by atoms with Gasteiger partial charge in [-0.2, -0.15) is 5.26 Å². The zero-order valence-electron chi connectivity index (χ0n) is 7.07. The van der Waals surface area contributed by atoms with E-state index in [0.29, 0.717) is 17.0 Å². The molecule has 0 radical (unpaired) electrons. The number of nitriles is 1. The van der Waals surface area contributed by atoms with Gasteiger partial charge in [0.15, 0.2) is 0 Å². The molecule has 0 aliphatic carbocycles. The van der Waals surface area contributed by atoms with Gasteiger partial charge < -0.3 is 10.2 Å². The predicted octanol–water partition coefficient (Wildman–Crippen LogP) is 1.27. The second-order valence-corrected chi connectivity index (χ2v) is 2.14. The molecule has 1 aromatic rings. The molecule has 0 aliphatic heterocycles. The third-order valence-corrected chi connectivity index (χ3v) is 1.51. The van der Waals surface area contributed by atoms with Crippen LogP contribution in [0.3, 0.4) is 0 Å². The van der Waals surface area contributed by atoms with Gasteiger partial charge in [0.25, 0.3) is 0 Å². The number of nitrogens with one attached hydrogen (secondary N) is 1. The van der Waals surface area contributed by atoms with E-state index in [0.717, 1.165) is 0 Å². The summed E-state index contributed by atoms with van der Waals surface area (Å²) in [5.41, 5.74) is 3.40. The normalized spacial score (nSPS) is 8.08. The van der Waals surface area contributed by atoms with Crippen LogP contribution in [0.25, 0.3) is 0 Å². The van der Waals surface area contributed by atoms with Crippen LogP contribution >= 0.6 is 12.4 Å². The standard InChI is InChI=1S/C8H9N3O.ClH/c1-12-8-4-2-3-7(11-10)6(8)5-9;/h2-4,11H,10H2,1H3;1H. The lowest BCUT2D eigenvalue weighted by molar-refractivity contribution is 0.413. The number of hydrogen-bond donors (Lipinski definition) is 2. The number of anilines is 1. The topological polar surface area (TPSA) is 71.1 Å². The van der Waals surface area contributed by atoms with Crippen LogP contribution in [0.2, 0.25) is 0 Å². The molecule has 5 heteroatoms. The number of nitrogens with zero attached hydrogens (tertiary/aromatic N) is 1. The lowest BCUT2D eigenvalue weighted by Gasteiger charge is -2.06. The van der Waals surface area contributed by atoms with Gasteiger partial charge in [0, 0.05) is 0 Å². The molecule has 0 amide bonds. The summed E-state index contributed by atoms with van der Waals surface area (Å²) in [5, 5.41) is 8.74. The first kappa shape index (κ1) is 11.6. The van der Waals surface area contributed by atoms with Gasteiger partial charge in [-0.3, -0.25) is 5.84 Å². The maximum Gasteiger partial charge on any atom is 0.138 e. The van der Waals surface area contributed by atoms with Crippen LogP contribution < -0.4 is 16.0 Å². The largest absolute Gasteiger partial charge is 0.495 e. The average molecular weight is 200 g/mol. The summed E-state index contributed by atoms with van der Waals surface area (Å²) in [5.74, 6) is 5.71. The fraction of sp³-hybridized carbons (Fsp3) is 0.125.